The second-order valence-corrected chi connectivity index (χ2v) is 10.8. The normalized spacial score (nSPS) is 14.6. The van der Waals surface area contributed by atoms with Crippen molar-refractivity contribution in [3.05, 3.63) is 90.0 Å². The maximum atomic E-state index is 13.7. The number of ether oxygens (including phenoxy) is 1. The van der Waals surface area contributed by atoms with Crippen molar-refractivity contribution in [2.45, 2.75) is 31.7 Å². The van der Waals surface area contributed by atoms with Gasteiger partial charge in [0.15, 0.2) is 0 Å². The molecule has 0 unspecified atom stereocenters. The summed E-state index contributed by atoms with van der Waals surface area (Å²) in [6, 6.07) is 21.4. The first kappa shape index (κ1) is 27.0. The van der Waals surface area contributed by atoms with Crippen LogP contribution in [0.3, 0.4) is 0 Å². The number of carbonyl (C=O) groups is 2. The van der Waals surface area contributed by atoms with Crippen molar-refractivity contribution in [1.82, 2.24) is 10.0 Å². The lowest BCUT2D eigenvalue weighted by Crippen LogP contribution is -2.55. The number of amides is 3. The minimum absolute atomic E-state index is 0.253. The molecule has 0 saturated carbocycles. The lowest BCUT2D eigenvalue weighted by atomic mass is 9.92. The van der Waals surface area contributed by atoms with E-state index < -0.39 is 34.1 Å². The molecule has 1 heterocycles. The van der Waals surface area contributed by atoms with Crippen LogP contribution in [0.4, 0.5) is 16.2 Å². The fourth-order valence-electron chi connectivity index (χ4n) is 4.58. The van der Waals surface area contributed by atoms with Crippen LogP contribution >= 0.6 is 0 Å². The molecular formula is C28H32N4O5S. The SMILES string of the molecule is COc1ccc(N(C)C(=O)[C@@H](NC(=O)NS(=O)(=O)N2CCCc3ccccc32)[C@H](C)c2ccccc2)cc1. The molecule has 0 aliphatic carbocycles. The number of carbonyl (C=O) groups excluding carboxylic acids is 2. The summed E-state index contributed by atoms with van der Waals surface area (Å²) in [5.41, 5.74) is 2.86. The van der Waals surface area contributed by atoms with Gasteiger partial charge in [-0.2, -0.15) is 8.42 Å². The number of urea groups is 1. The van der Waals surface area contributed by atoms with Gasteiger partial charge in [0.25, 0.3) is 0 Å². The molecule has 0 fully saturated rings. The Morgan fingerprint density at radius 1 is 0.974 bits per heavy atom. The molecule has 2 atom stereocenters. The van der Waals surface area contributed by atoms with Crippen molar-refractivity contribution in [3.63, 3.8) is 0 Å². The van der Waals surface area contributed by atoms with Crippen molar-refractivity contribution in [2.24, 2.45) is 0 Å². The molecule has 0 saturated heterocycles. The van der Waals surface area contributed by atoms with Crippen LogP contribution in [0.25, 0.3) is 0 Å². The molecular weight excluding hydrogens is 504 g/mol. The molecule has 0 radical (unpaired) electrons. The van der Waals surface area contributed by atoms with E-state index in [0.717, 1.165) is 17.5 Å². The molecule has 3 aromatic rings. The Labute approximate surface area is 223 Å². The molecule has 4 rings (SSSR count). The third kappa shape index (κ3) is 5.91. The first-order valence-corrected chi connectivity index (χ1v) is 13.8. The standard InChI is InChI=1S/C28H32N4O5S/c1-20(21-10-5-4-6-11-21)26(27(33)31(2)23-15-17-24(37-3)18-16-23)29-28(34)30-38(35,36)32-19-9-13-22-12-7-8-14-25(22)32/h4-8,10-12,14-18,20,26H,9,13,19H2,1-3H3,(H2,29,30,34)/t20-,26+/m1/s1. The van der Waals surface area contributed by atoms with Crippen LogP contribution in [0.1, 0.15) is 30.4 Å². The van der Waals surface area contributed by atoms with E-state index in [1.165, 1.54) is 9.21 Å². The van der Waals surface area contributed by atoms with Gasteiger partial charge in [0.2, 0.25) is 5.91 Å². The maximum Gasteiger partial charge on any atom is 0.330 e. The first-order chi connectivity index (χ1) is 18.2. The first-order valence-electron chi connectivity index (χ1n) is 12.4. The number of hydrogen-bond donors (Lipinski definition) is 2. The van der Waals surface area contributed by atoms with Crippen LogP contribution in [0.15, 0.2) is 78.9 Å². The lowest BCUT2D eigenvalue weighted by Gasteiger charge is -2.31. The minimum Gasteiger partial charge on any atom is -0.497 e. The van der Waals surface area contributed by atoms with E-state index in [9.17, 15) is 18.0 Å². The number of hydrogen-bond acceptors (Lipinski definition) is 5. The molecule has 3 amide bonds. The lowest BCUT2D eigenvalue weighted by molar-refractivity contribution is -0.120. The topological polar surface area (TPSA) is 108 Å². The van der Waals surface area contributed by atoms with Gasteiger partial charge in [-0.05, 0) is 54.3 Å². The van der Waals surface area contributed by atoms with Gasteiger partial charge < -0.3 is 15.0 Å². The highest BCUT2D eigenvalue weighted by atomic mass is 32.2. The Morgan fingerprint density at radius 3 is 2.32 bits per heavy atom. The van der Waals surface area contributed by atoms with Gasteiger partial charge in [-0.15, -0.1) is 0 Å². The number of para-hydroxylation sites is 1. The van der Waals surface area contributed by atoms with Gasteiger partial charge in [0.1, 0.15) is 11.8 Å². The van der Waals surface area contributed by atoms with Gasteiger partial charge in [0, 0.05) is 25.2 Å². The highest BCUT2D eigenvalue weighted by Gasteiger charge is 2.34. The molecule has 3 aromatic carbocycles. The Kier molecular flexibility index (Phi) is 8.21. The molecule has 200 valence electrons. The monoisotopic (exact) mass is 536 g/mol. The van der Waals surface area contributed by atoms with Gasteiger partial charge in [0.05, 0.1) is 12.8 Å². The number of likely N-dealkylation sites (N-methyl/N-ethyl adjacent to an activating group) is 1. The third-order valence-electron chi connectivity index (χ3n) is 6.75. The van der Waals surface area contributed by atoms with Crippen molar-refractivity contribution >= 4 is 33.5 Å². The van der Waals surface area contributed by atoms with Crippen LogP contribution in [-0.4, -0.2) is 47.1 Å². The minimum atomic E-state index is -4.21. The third-order valence-corrected chi connectivity index (χ3v) is 8.15. The Bertz CT molecular complexity index is 1380. The number of fused-ring (bicyclic) bond motifs is 1. The van der Waals surface area contributed by atoms with Gasteiger partial charge in [-0.3, -0.25) is 9.10 Å². The summed E-state index contributed by atoms with van der Waals surface area (Å²) < 4.78 is 34.9. The van der Waals surface area contributed by atoms with E-state index in [4.69, 9.17) is 4.74 Å². The Balaban J connectivity index is 1.57. The number of benzene rings is 3. The average molecular weight is 537 g/mol. The van der Waals surface area contributed by atoms with Crippen LogP contribution < -0.4 is 24.0 Å². The average Bonchev–Trinajstić information content (AvgIpc) is 2.94. The zero-order valence-corrected chi connectivity index (χ0v) is 22.4. The molecule has 1 aliphatic heterocycles. The predicted octanol–water partition coefficient (Wildman–Crippen LogP) is 3.83. The van der Waals surface area contributed by atoms with E-state index in [0.29, 0.717) is 23.5 Å². The van der Waals surface area contributed by atoms with E-state index in [-0.39, 0.29) is 6.54 Å². The molecule has 38 heavy (non-hydrogen) atoms. The molecule has 0 aromatic heterocycles. The van der Waals surface area contributed by atoms with E-state index >= 15 is 0 Å². The highest BCUT2D eigenvalue weighted by molar-refractivity contribution is 7.91. The smallest absolute Gasteiger partial charge is 0.330 e. The molecule has 9 nitrogen and oxygen atoms in total. The van der Waals surface area contributed by atoms with Crippen LogP contribution in [-0.2, 0) is 21.4 Å². The van der Waals surface area contributed by atoms with Crippen molar-refractivity contribution in [1.29, 1.82) is 0 Å². The fourth-order valence-corrected chi connectivity index (χ4v) is 5.79. The van der Waals surface area contributed by atoms with Crippen molar-refractivity contribution in [2.75, 3.05) is 29.9 Å². The summed E-state index contributed by atoms with van der Waals surface area (Å²) in [5, 5.41) is 2.64. The molecule has 1 aliphatic rings. The van der Waals surface area contributed by atoms with Gasteiger partial charge in [-0.25, -0.2) is 9.52 Å². The molecule has 2 N–H and O–H groups in total. The Hall–Kier alpha value is -4.05. The second-order valence-electron chi connectivity index (χ2n) is 9.16. The maximum absolute atomic E-state index is 13.7. The summed E-state index contributed by atoms with van der Waals surface area (Å²) in [6.45, 7) is 2.07. The van der Waals surface area contributed by atoms with E-state index in [2.05, 4.69) is 10.0 Å². The van der Waals surface area contributed by atoms with Gasteiger partial charge >= 0.3 is 16.2 Å². The Morgan fingerprint density at radius 2 is 1.63 bits per heavy atom. The number of aryl methyl sites for hydroxylation is 1. The largest absolute Gasteiger partial charge is 0.497 e. The quantitative estimate of drug-likeness (QED) is 0.455. The van der Waals surface area contributed by atoms with Gasteiger partial charge in [-0.1, -0.05) is 55.5 Å². The van der Waals surface area contributed by atoms with Crippen molar-refractivity contribution < 1.29 is 22.7 Å². The van der Waals surface area contributed by atoms with Crippen LogP contribution in [0.2, 0.25) is 0 Å². The van der Waals surface area contributed by atoms with Crippen LogP contribution in [0, 0.1) is 0 Å². The zero-order chi connectivity index (χ0) is 27.3. The van der Waals surface area contributed by atoms with E-state index in [1.54, 1.807) is 50.6 Å². The summed E-state index contributed by atoms with van der Waals surface area (Å²) in [4.78, 5) is 28.2. The summed E-state index contributed by atoms with van der Waals surface area (Å²) in [6.07, 6.45) is 1.40. The number of methoxy groups -OCH3 is 1. The van der Waals surface area contributed by atoms with E-state index in [1.807, 2.05) is 49.4 Å². The second kappa shape index (κ2) is 11.6. The number of nitrogens with zero attached hydrogens (tertiary/aromatic N) is 2. The predicted molar refractivity (Wildman–Crippen MR) is 148 cm³/mol. The zero-order valence-electron chi connectivity index (χ0n) is 21.6. The van der Waals surface area contributed by atoms with Crippen molar-refractivity contribution in [3.8, 4) is 5.75 Å². The number of rotatable bonds is 8. The molecule has 0 bridgehead atoms. The summed E-state index contributed by atoms with van der Waals surface area (Å²) in [5.74, 6) is -0.207. The molecule has 10 heteroatoms. The molecule has 0 spiro atoms. The van der Waals surface area contributed by atoms with Crippen LogP contribution in [0.5, 0.6) is 5.75 Å². The summed E-state index contributed by atoms with van der Waals surface area (Å²) in [7, 11) is -1.04. The fraction of sp³-hybridized carbons (Fsp3) is 0.286. The number of nitrogens with one attached hydrogen (secondary N) is 2. The highest BCUT2D eigenvalue weighted by Crippen LogP contribution is 2.29. The number of anilines is 2. The summed E-state index contributed by atoms with van der Waals surface area (Å²) >= 11 is 0.